The second-order valence-corrected chi connectivity index (χ2v) is 4.77. The quantitative estimate of drug-likeness (QED) is 0.921. The Morgan fingerprint density at radius 3 is 2.79 bits per heavy atom. The van der Waals surface area contributed by atoms with E-state index in [1.807, 2.05) is 6.07 Å². The van der Waals surface area contributed by atoms with E-state index in [0.717, 1.165) is 31.6 Å². The summed E-state index contributed by atoms with van der Waals surface area (Å²) in [6.45, 7) is 4.16. The minimum absolute atomic E-state index is 0. The van der Waals surface area contributed by atoms with Crippen molar-refractivity contribution in [3.8, 4) is 11.5 Å². The van der Waals surface area contributed by atoms with Crippen molar-refractivity contribution in [2.75, 3.05) is 20.2 Å². The van der Waals surface area contributed by atoms with Crippen molar-refractivity contribution >= 4 is 18.2 Å². The van der Waals surface area contributed by atoms with Crippen LogP contribution in [-0.4, -0.2) is 36.0 Å². The number of Topliss-reactive ketones (excluding diaryl/α,β-unsaturated/α-hetero) is 1. The highest BCUT2D eigenvalue weighted by atomic mass is 35.5. The van der Waals surface area contributed by atoms with E-state index in [9.17, 15) is 9.90 Å². The van der Waals surface area contributed by atoms with Gasteiger partial charge in [-0.2, -0.15) is 0 Å². The number of carbonyl (C=O) groups excluding carboxylic acids is 1. The minimum atomic E-state index is 0. The van der Waals surface area contributed by atoms with Gasteiger partial charge in [-0.15, -0.1) is 12.4 Å². The van der Waals surface area contributed by atoms with E-state index < -0.39 is 0 Å². The van der Waals surface area contributed by atoms with Gasteiger partial charge in [0.25, 0.3) is 0 Å². The molecule has 1 aliphatic heterocycles. The van der Waals surface area contributed by atoms with Gasteiger partial charge in [0.2, 0.25) is 0 Å². The van der Waals surface area contributed by atoms with Crippen LogP contribution in [0.25, 0.3) is 0 Å². The molecule has 2 rings (SSSR count). The van der Waals surface area contributed by atoms with Gasteiger partial charge >= 0.3 is 0 Å². The lowest BCUT2D eigenvalue weighted by Gasteiger charge is -2.28. The summed E-state index contributed by atoms with van der Waals surface area (Å²) < 4.78 is 5.11. The van der Waals surface area contributed by atoms with Gasteiger partial charge in [-0.05, 0) is 36.6 Å². The highest BCUT2D eigenvalue weighted by Crippen LogP contribution is 2.32. The van der Waals surface area contributed by atoms with Crippen LogP contribution in [0.1, 0.15) is 24.5 Å². The fraction of sp³-hybridized carbons (Fsp3) is 0.500. The fourth-order valence-corrected chi connectivity index (χ4v) is 2.30. The maximum Gasteiger partial charge on any atom is 0.160 e. The maximum atomic E-state index is 11.0. The molecule has 1 aromatic rings. The van der Waals surface area contributed by atoms with Crippen molar-refractivity contribution in [1.82, 2.24) is 4.90 Å². The summed E-state index contributed by atoms with van der Waals surface area (Å²) in [6, 6.07) is 3.68. The SMILES string of the molecule is COc1cc2c(cc1O)CN(CCC(C)=O)CC2.Cl. The number of fused-ring (bicyclic) bond motifs is 1. The molecule has 0 saturated heterocycles. The number of methoxy groups -OCH3 is 1. The van der Waals surface area contributed by atoms with E-state index >= 15 is 0 Å². The van der Waals surface area contributed by atoms with Crippen LogP contribution in [0.2, 0.25) is 0 Å². The summed E-state index contributed by atoms with van der Waals surface area (Å²) in [5.74, 6) is 0.939. The zero-order valence-electron chi connectivity index (χ0n) is 11.3. The Hall–Kier alpha value is -1.26. The molecule has 0 aromatic heterocycles. The Morgan fingerprint density at radius 2 is 2.16 bits per heavy atom. The molecule has 5 heteroatoms. The summed E-state index contributed by atoms with van der Waals surface area (Å²) in [5, 5.41) is 9.77. The maximum absolute atomic E-state index is 11.0. The number of rotatable bonds is 4. The van der Waals surface area contributed by atoms with Gasteiger partial charge in [0.15, 0.2) is 11.5 Å². The third kappa shape index (κ3) is 3.85. The number of nitrogens with zero attached hydrogens (tertiary/aromatic N) is 1. The third-order valence-corrected chi connectivity index (χ3v) is 3.37. The summed E-state index contributed by atoms with van der Waals surface area (Å²) in [5.41, 5.74) is 2.35. The van der Waals surface area contributed by atoms with E-state index in [0.29, 0.717) is 12.2 Å². The van der Waals surface area contributed by atoms with Crippen LogP contribution >= 0.6 is 12.4 Å². The number of aromatic hydroxyl groups is 1. The van der Waals surface area contributed by atoms with E-state index in [2.05, 4.69) is 4.90 Å². The predicted octanol–water partition coefficient (Wildman–Crippen LogP) is 2.16. The van der Waals surface area contributed by atoms with E-state index in [1.54, 1.807) is 20.1 Å². The normalized spacial score (nSPS) is 14.4. The Balaban J connectivity index is 0.00000180. The summed E-state index contributed by atoms with van der Waals surface area (Å²) in [4.78, 5) is 13.2. The lowest BCUT2D eigenvalue weighted by molar-refractivity contribution is -0.117. The number of benzene rings is 1. The molecular weight excluding hydrogens is 266 g/mol. The van der Waals surface area contributed by atoms with Crippen LogP contribution in [0.5, 0.6) is 11.5 Å². The first-order chi connectivity index (χ1) is 8.60. The minimum Gasteiger partial charge on any atom is -0.504 e. The number of ether oxygens (including phenoxy) is 1. The highest BCUT2D eigenvalue weighted by Gasteiger charge is 2.18. The highest BCUT2D eigenvalue weighted by molar-refractivity contribution is 5.85. The first kappa shape index (κ1) is 15.8. The van der Waals surface area contributed by atoms with Gasteiger partial charge in [-0.1, -0.05) is 0 Å². The van der Waals surface area contributed by atoms with Crippen molar-refractivity contribution < 1.29 is 14.6 Å². The number of ketones is 1. The number of halogens is 1. The fourth-order valence-electron chi connectivity index (χ4n) is 2.30. The zero-order chi connectivity index (χ0) is 13.1. The number of hydrogen-bond donors (Lipinski definition) is 1. The Bertz CT molecular complexity index is 462. The van der Waals surface area contributed by atoms with Gasteiger partial charge in [0, 0.05) is 26.1 Å². The number of phenolic OH excluding ortho intramolecular Hbond substituents is 1. The number of phenols is 1. The van der Waals surface area contributed by atoms with E-state index in [4.69, 9.17) is 4.74 Å². The van der Waals surface area contributed by atoms with Crippen molar-refractivity contribution in [1.29, 1.82) is 0 Å². The zero-order valence-corrected chi connectivity index (χ0v) is 12.1. The van der Waals surface area contributed by atoms with Crippen LogP contribution in [0.15, 0.2) is 12.1 Å². The number of carbonyl (C=O) groups is 1. The molecule has 4 nitrogen and oxygen atoms in total. The average Bonchev–Trinajstić information content (AvgIpc) is 2.35. The van der Waals surface area contributed by atoms with Crippen LogP contribution in [0.3, 0.4) is 0 Å². The van der Waals surface area contributed by atoms with Crippen LogP contribution < -0.4 is 4.74 Å². The van der Waals surface area contributed by atoms with Crippen molar-refractivity contribution in [3.63, 3.8) is 0 Å². The molecule has 1 heterocycles. The lowest BCUT2D eigenvalue weighted by atomic mass is 9.98. The van der Waals surface area contributed by atoms with Crippen LogP contribution in [-0.2, 0) is 17.8 Å². The smallest absolute Gasteiger partial charge is 0.160 e. The van der Waals surface area contributed by atoms with Gasteiger partial charge in [-0.25, -0.2) is 0 Å². The molecule has 0 unspecified atom stereocenters. The molecule has 0 radical (unpaired) electrons. The molecule has 1 aliphatic rings. The molecular formula is C14H20ClNO3. The Labute approximate surface area is 119 Å². The second kappa shape index (κ2) is 6.78. The van der Waals surface area contributed by atoms with Crippen LogP contribution in [0, 0.1) is 0 Å². The third-order valence-electron chi connectivity index (χ3n) is 3.37. The van der Waals surface area contributed by atoms with Gasteiger partial charge < -0.3 is 9.84 Å². The van der Waals surface area contributed by atoms with Crippen molar-refractivity contribution in [2.45, 2.75) is 26.3 Å². The summed E-state index contributed by atoms with van der Waals surface area (Å²) in [7, 11) is 1.56. The molecule has 0 aliphatic carbocycles. The molecule has 0 spiro atoms. The molecule has 1 aromatic carbocycles. The van der Waals surface area contributed by atoms with Gasteiger partial charge in [0.1, 0.15) is 5.78 Å². The standard InChI is InChI=1S/C14H19NO3.ClH/c1-10(16)3-5-15-6-4-11-8-14(18-2)13(17)7-12(11)9-15;/h7-8,17H,3-6,9H2,1-2H3;1H. The van der Waals surface area contributed by atoms with E-state index in [-0.39, 0.29) is 23.9 Å². The lowest BCUT2D eigenvalue weighted by Crippen LogP contribution is -2.32. The number of hydrogen-bond acceptors (Lipinski definition) is 4. The topological polar surface area (TPSA) is 49.8 Å². The predicted molar refractivity (Wildman–Crippen MR) is 76.2 cm³/mol. The monoisotopic (exact) mass is 285 g/mol. The Morgan fingerprint density at radius 1 is 1.42 bits per heavy atom. The molecule has 0 saturated carbocycles. The molecule has 1 N–H and O–H groups in total. The second-order valence-electron chi connectivity index (χ2n) is 4.77. The molecule has 0 bridgehead atoms. The van der Waals surface area contributed by atoms with E-state index in [1.165, 1.54) is 5.56 Å². The Kier molecular flexibility index (Phi) is 5.63. The van der Waals surface area contributed by atoms with Crippen molar-refractivity contribution in [2.24, 2.45) is 0 Å². The van der Waals surface area contributed by atoms with Crippen LogP contribution in [0.4, 0.5) is 0 Å². The molecule has 19 heavy (non-hydrogen) atoms. The average molecular weight is 286 g/mol. The molecule has 0 fully saturated rings. The van der Waals surface area contributed by atoms with Gasteiger partial charge in [0.05, 0.1) is 7.11 Å². The first-order valence-corrected chi connectivity index (χ1v) is 6.20. The molecule has 106 valence electrons. The van der Waals surface area contributed by atoms with Crippen molar-refractivity contribution in [3.05, 3.63) is 23.3 Å². The summed E-state index contributed by atoms with van der Waals surface area (Å²) >= 11 is 0. The largest absolute Gasteiger partial charge is 0.504 e. The molecule has 0 amide bonds. The summed E-state index contributed by atoms with van der Waals surface area (Å²) in [6.07, 6.45) is 1.53. The molecule has 0 atom stereocenters. The van der Waals surface area contributed by atoms with Gasteiger partial charge in [-0.3, -0.25) is 9.69 Å². The first-order valence-electron chi connectivity index (χ1n) is 6.20.